The third kappa shape index (κ3) is 5.89. The van der Waals surface area contributed by atoms with Crippen LogP contribution in [0.2, 0.25) is 0 Å². The van der Waals surface area contributed by atoms with Crippen molar-refractivity contribution in [3.8, 4) is 0 Å². The number of rotatable bonds is 9. The Morgan fingerprint density at radius 2 is 2.08 bits per heavy atom. The summed E-state index contributed by atoms with van der Waals surface area (Å²) in [6, 6.07) is 0.289. The maximum atomic E-state index is 13.1. The zero-order valence-electron chi connectivity index (χ0n) is 20.9. The van der Waals surface area contributed by atoms with Gasteiger partial charge in [0.15, 0.2) is 23.0 Å². The van der Waals surface area contributed by atoms with Gasteiger partial charge in [-0.2, -0.15) is 0 Å². The molecule has 16 nitrogen and oxygen atoms in total. The van der Waals surface area contributed by atoms with Crippen LogP contribution < -0.4 is 37.3 Å². The second-order valence-electron chi connectivity index (χ2n) is 8.51. The number of nitrogen functional groups attached to an aromatic ring is 3. The summed E-state index contributed by atoms with van der Waals surface area (Å²) in [6.45, 7) is 1.14. The van der Waals surface area contributed by atoms with Crippen molar-refractivity contribution in [3.63, 3.8) is 0 Å². The number of nitrogens with one attached hydrogen (secondary N) is 1. The molecule has 0 radical (unpaired) electrons. The molecule has 0 bridgehead atoms. The first-order valence-electron chi connectivity index (χ1n) is 11.3. The molecule has 4 heterocycles. The third-order valence-corrected chi connectivity index (χ3v) is 9.73. The molecule has 2 aromatic heterocycles. The van der Waals surface area contributed by atoms with Crippen LogP contribution >= 0.6 is 23.1 Å². The molecule has 1 saturated heterocycles. The number of aliphatic carboxylic acids is 1. The van der Waals surface area contributed by atoms with Crippen molar-refractivity contribution >= 4 is 79.6 Å². The fraction of sp³-hybridized carbons (Fsp3) is 0.333. The number of carboxylic acid groups (broad SMARTS) is 2. The molecule has 2 aliphatic rings. The van der Waals surface area contributed by atoms with Crippen LogP contribution in [0.15, 0.2) is 33.5 Å². The molecular weight excluding hydrogens is 586 g/mol. The van der Waals surface area contributed by atoms with Crippen LogP contribution in [-0.2, 0) is 37.2 Å². The van der Waals surface area contributed by atoms with Gasteiger partial charge in [-0.25, -0.2) is 9.55 Å². The SMILES string of the molecule is CC(O/N=C(\C(=O)NC1C(=O)N2C=C(CSc3nc(N)cc(N)[n+]3C)C[S+](C(=O)[O-])[C@H]12)c1csc(N)n1)C(=O)[O-]. The predicted molar refractivity (Wildman–Crippen MR) is 142 cm³/mol. The molecule has 40 heavy (non-hydrogen) atoms. The number of hydrogen-bond donors (Lipinski definition) is 4. The molecule has 0 aliphatic carbocycles. The van der Waals surface area contributed by atoms with Gasteiger partial charge in [0.2, 0.25) is 17.0 Å². The lowest BCUT2D eigenvalue weighted by Gasteiger charge is -2.45. The Balaban J connectivity index is 1.52. The number of carboxylic acids is 1. The predicted octanol–water partition coefficient (Wildman–Crippen LogP) is -3.73. The number of carbonyl (C=O) groups is 4. The highest BCUT2D eigenvalue weighted by molar-refractivity contribution is 8.11. The summed E-state index contributed by atoms with van der Waals surface area (Å²) >= 11 is 2.25. The van der Waals surface area contributed by atoms with Crippen molar-refractivity contribution in [3.05, 3.63) is 28.9 Å². The van der Waals surface area contributed by atoms with Gasteiger partial charge in [0.25, 0.3) is 17.1 Å². The maximum absolute atomic E-state index is 13.1. The monoisotopic (exact) mass is 609 g/mol. The summed E-state index contributed by atoms with van der Waals surface area (Å²) in [7, 11) is 0.226. The Bertz CT molecular complexity index is 1450. The number of nitrogens with zero attached hydrogens (tertiary/aromatic N) is 5. The van der Waals surface area contributed by atoms with Crippen LogP contribution in [0.4, 0.5) is 21.6 Å². The Morgan fingerprint density at radius 3 is 2.70 bits per heavy atom. The van der Waals surface area contributed by atoms with Crippen molar-refractivity contribution in [2.75, 3.05) is 28.7 Å². The number of anilines is 3. The van der Waals surface area contributed by atoms with E-state index >= 15 is 0 Å². The number of fused-ring (bicyclic) bond motifs is 1. The lowest BCUT2D eigenvalue weighted by molar-refractivity contribution is -0.698. The van der Waals surface area contributed by atoms with Crippen LogP contribution in [0.5, 0.6) is 0 Å². The third-order valence-electron chi connectivity index (χ3n) is 5.73. The molecule has 4 rings (SSSR count). The zero-order valence-corrected chi connectivity index (χ0v) is 23.4. The van der Waals surface area contributed by atoms with E-state index in [0.717, 1.165) is 18.3 Å². The van der Waals surface area contributed by atoms with Gasteiger partial charge in [-0.15, -0.1) is 11.3 Å². The standard InChI is InChI=1S/C21H23N9O7S3/c1-8(18(33)34)37-28-13(10-6-38-19(24)25-10)15(31)27-14-16(32)30-4-9(7-40(17(14)30)21(35)36)5-39-20-26-11(22)3-12(23)29(20)2/h3-4,6,8,14,17H,5,7H2,1-2H3,(H7-,22,23,24,25,27,31,33,34,35,36)/b28-13-/t8?,14?,17-,40?/m1/s1. The van der Waals surface area contributed by atoms with Crippen LogP contribution in [0.1, 0.15) is 12.6 Å². The van der Waals surface area contributed by atoms with Crippen LogP contribution in [0.3, 0.4) is 0 Å². The fourth-order valence-electron chi connectivity index (χ4n) is 3.66. The van der Waals surface area contributed by atoms with Gasteiger partial charge < -0.3 is 47.2 Å². The second kappa shape index (κ2) is 11.6. The van der Waals surface area contributed by atoms with Crippen LogP contribution in [-0.4, -0.2) is 72.7 Å². The molecule has 1 fully saturated rings. The number of thioether (sulfide) groups is 1. The first kappa shape index (κ1) is 28.9. The molecule has 0 saturated carbocycles. The van der Waals surface area contributed by atoms with Crippen molar-refractivity contribution < 1.29 is 38.8 Å². The lowest BCUT2D eigenvalue weighted by atomic mass is 10.1. The van der Waals surface area contributed by atoms with Crippen molar-refractivity contribution in [2.24, 2.45) is 12.2 Å². The number of β-lactam (4-membered cyclic amide) rings is 1. The van der Waals surface area contributed by atoms with E-state index in [-0.39, 0.29) is 22.4 Å². The van der Waals surface area contributed by atoms with E-state index in [4.69, 9.17) is 22.0 Å². The average molecular weight is 610 g/mol. The highest BCUT2D eigenvalue weighted by Gasteiger charge is 2.60. The first-order chi connectivity index (χ1) is 18.9. The summed E-state index contributed by atoms with van der Waals surface area (Å²) in [5.41, 5.74) is 17.5. The number of carbonyl (C=O) groups excluding carboxylic acids is 4. The van der Waals surface area contributed by atoms with Crippen molar-refractivity contribution in [1.82, 2.24) is 20.2 Å². The van der Waals surface area contributed by atoms with Gasteiger partial charge in [0, 0.05) is 22.9 Å². The number of aromatic nitrogens is 3. The van der Waals surface area contributed by atoms with Crippen LogP contribution in [0.25, 0.3) is 0 Å². The van der Waals surface area contributed by atoms with E-state index < -0.39 is 57.2 Å². The molecule has 0 spiro atoms. The lowest BCUT2D eigenvalue weighted by Crippen LogP contribution is -2.74. The Morgan fingerprint density at radius 1 is 1.35 bits per heavy atom. The quantitative estimate of drug-likeness (QED) is 0.0406. The number of amides is 2. The van der Waals surface area contributed by atoms with Gasteiger partial charge in [-0.1, -0.05) is 10.1 Å². The van der Waals surface area contributed by atoms with E-state index in [1.807, 2.05) is 0 Å². The number of nitrogens with two attached hydrogens (primary N) is 3. The largest absolute Gasteiger partial charge is 0.546 e. The molecule has 212 valence electrons. The highest BCUT2D eigenvalue weighted by atomic mass is 32.2. The minimum atomic E-state index is -1.57. The van der Waals surface area contributed by atoms with Gasteiger partial charge in [0.1, 0.15) is 11.4 Å². The fourth-order valence-corrected chi connectivity index (χ4v) is 7.31. The molecule has 19 heteroatoms. The number of thiazole rings is 1. The first-order valence-corrected chi connectivity index (χ1v) is 14.6. The van der Waals surface area contributed by atoms with E-state index in [2.05, 4.69) is 20.4 Å². The van der Waals surface area contributed by atoms with E-state index in [1.54, 1.807) is 17.8 Å². The molecule has 2 amide bonds. The molecule has 0 aromatic carbocycles. The van der Waals surface area contributed by atoms with Gasteiger partial charge in [-0.3, -0.25) is 14.5 Å². The molecule has 3 unspecified atom stereocenters. The number of oxime groups is 1. The Labute approximate surface area is 237 Å². The smallest absolute Gasteiger partial charge is 0.301 e. The summed E-state index contributed by atoms with van der Waals surface area (Å²) in [6.07, 6.45) is 0.0513. The molecule has 4 atom stereocenters. The minimum Gasteiger partial charge on any atom is -0.546 e. The normalized spacial score (nSPS) is 21.1. The van der Waals surface area contributed by atoms with Crippen molar-refractivity contribution in [2.45, 2.75) is 29.6 Å². The van der Waals surface area contributed by atoms with E-state index in [9.17, 15) is 29.4 Å². The molecular formula is C21H23N9O7S3. The maximum Gasteiger partial charge on any atom is 0.301 e. The van der Waals surface area contributed by atoms with E-state index in [0.29, 0.717) is 22.3 Å². The van der Waals surface area contributed by atoms with Gasteiger partial charge in [0.05, 0.1) is 30.0 Å². The highest BCUT2D eigenvalue weighted by Crippen LogP contribution is 2.35. The summed E-state index contributed by atoms with van der Waals surface area (Å²) < 4.78 is 1.62. The zero-order chi connectivity index (χ0) is 29.3. The molecule has 7 N–H and O–H groups in total. The average Bonchev–Trinajstić information content (AvgIpc) is 3.33. The van der Waals surface area contributed by atoms with Gasteiger partial charge in [-0.05, 0) is 18.7 Å². The topological polar surface area (TPSA) is 259 Å². The molecule has 2 aliphatic heterocycles. The van der Waals surface area contributed by atoms with E-state index in [1.165, 1.54) is 28.1 Å². The summed E-state index contributed by atoms with van der Waals surface area (Å²) in [5.74, 6) is -2.09. The van der Waals surface area contributed by atoms with Crippen molar-refractivity contribution in [1.29, 1.82) is 0 Å². The second-order valence-corrected chi connectivity index (χ2v) is 12.3. The van der Waals surface area contributed by atoms with Crippen LogP contribution in [0, 0.1) is 0 Å². The summed E-state index contributed by atoms with van der Waals surface area (Å²) in [5, 5.41) is 28.8. The Kier molecular flexibility index (Phi) is 8.35. The molecule has 2 aromatic rings. The van der Waals surface area contributed by atoms with Gasteiger partial charge >= 0.3 is 5.16 Å². The Hall–Kier alpha value is -4.10. The summed E-state index contributed by atoms with van der Waals surface area (Å²) in [4.78, 5) is 63.4. The minimum absolute atomic E-state index is 0.0279. The number of hydrogen-bond acceptors (Lipinski definition) is 15.